The molecule has 7 fully saturated rings. The summed E-state index contributed by atoms with van der Waals surface area (Å²) >= 11 is 0. The van der Waals surface area contributed by atoms with Crippen LogP contribution in [0.2, 0.25) is 0 Å². The highest BCUT2D eigenvalue weighted by molar-refractivity contribution is 5.85. The number of methoxy groups -OCH3 is 1. The van der Waals surface area contributed by atoms with Crippen LogP contribution >= 0.6 is 0 Å². The van der Waals surface area contributed by atoms with Crippen LogP contribution in [0.4, 0.5) is 0 Å². The summed E-state index contributed by atoms with van der Waals surface area (Å²) in [6.07, 6.45) is -6.05. The SMILES string of the molecule is COC1CC(OC2CCC3(C)C(CCC4C3CCC3(C)C(C5=CC(=O)OC5)CCC43O)C2)OC(C)C1OC1OC(COC2OC(C)C(O)C(O)C2O)C(O)C(O)C1O. The Balaban J connectivity index is 0.858. The van der Waals surface area contributed by atoms with Crippen LogP contribution in [0.25, 0.3) is 0 Å². The predicted molar refractivity (Wildman–Crippen MR) is 200 cm³/mol. The topological polar surface area (TPSA) is 233 Å². The van der Waals surface area contributed by atoms with Crippen LogP contribution in [0, 0.1) is 34.5 Å². The van der Waals surface area contributed by atoms with E-state index in [4.69, 9.17) is 37.9 Å². The average molecular weight is 827 g/mol. The van der Waals surface area contributed by atoms with Crippen LogP contribution in [0.3, 0.4) is 0 Å². The van der Waals surface area contributed by atoms with E-state index in [1.54, 1.807) is 13.2 Å². The second-order valence-electron chi connectivity index (χ2n) is 19.2. The van der Waals surface area contributed by atoms with Gasteiger partial charge in [0.05, 0.1) is 36.6 Å². The summed E-state index contributed by atoms with van der Waals surface area (Å²) in [7, 11) is 1.56. The first-order chi connectivity index (χ1) is 27.5. The van der Waals surface area contributed by atoms with Crippen LogP contribution in [0.1, 0.15) is 91.9 Å². The van der Waals surface area contributed by atoms with Gasteiger partial charge in [-0.2, -0.15) is 0 Å². The number of aliphatic hydroxyl groups excluding tert-OH is 6. The lowest BCUT2D eigenvalue weighted by molar-refractivity contribution is -0.354. The van der Waals surface area contributed by atoms with E-state index in [0.717, 1.165) is 63.4 Å². The molecule has 16 nitrogen and oxygen atoms in total. The smallest absolute Gasteiger partial charge is 0.331 e. The molecule has 16 heteroatoms. The Kier molecular flexibility index (Phi) is 12.2. The summed E-state index contributed by atoms with van der Waals surface area (Å²) in [5.41, 5.74) is 0.107. The zero-order chi connectivity index (χ0) is 41.5. The van der Waals surface area contributed by atoms with E-state index in [1.807, 2.05) is 6.92 Å². The van der Waals surface area contributed by atoms with E-state index in [0.29, 0.717) is 24.9 Å². The Bertz CT molecular complexity index is 1510. The second-order valence-corrected chi connectivity index (χ2v) is 19.2. The fourth-order valence-corrected chi connectivity index (χ4v) is 12.9. The molecule has 22 atom stereocenters. The Hall–Kier alpha value is -1.35. The van der Waals surface area contributed by atoms with Gasteiger partial charge in [0, 0.05) is 25.0 Å². The maximum absolute atomic E-state index is 12.6. The van der Waals surface area contributed by atoms with Crippen molar-refractivity contribution in [1.29, 1.82) is 0 Å². The molecule has 8 rings (SSSR count). The molecule has 4 heterocycles. The van der Waals surface area contributed by atoms with Gasteiger partial charge in [0.2, 0.25) is 0 Å². The molecule has 22 unspecified atom stereocenters. The van der Waals surface area contributed by atoms with Gasteiger partial charge in [0.25, 0.3) is 0 Å². The van der Waals surface area contributed by atoms with Gasteiger partial charge in [-0.25, -0.2) is 4.79 Å². The first-order valence-electron chi connectivity index (χ1n) is 21.6. The molecule has 0 radical (unpaired) electrons. The minimum absolute atomic E-state index is 0.0126. The number of fused-ring (bicyclic) bond motifs is 5. The van der Waals surface area contributed by atoms with Crippen molar-refractivity contribution >= 4 is 5.97 Å². The Morgan fingerprint density at radius 3 is 2.22 bits per heavy atom. The number of cyclic esters (lactones) is 1. The quantitative estimate of drug-likeness (QED) is 0.126. The summed E-state index contributed by atoms with van der Waals surface area (Å²) in [4.78, 5) is 12.0. The molecule has 58 heavy (non-hydrogen) atoms. The van der Waals surface area contributed by atoms with Gasteiger partial charge < -0.3 is 73.6 Å². The first-order valence-corrected chi connectivity index (χ1v) is 21.6. The van der Waals surface area contributed by atoms with Crippen molar-refractivity contribution in [1.82, 2.24) is 0 Å². The van der Waals surface area contributed by atoms with E-state index >= 15 is 0 Å². The molecule has 0 amide bonds. The third-order valence-corrected chi connectivity index (χ3v) is 16.4. The lowest BCUT2D eigenvalue weighted by atomic mass is 9.43. The number of esters is 1. The largest absolute Gasteiger partial charge is 0.458 e. The van der Waals surface area contributed by atoms with Gasteiger partial charge in [0.15, 0.2) is 18.9 Å². The van der Waals surface area contributed by atoms with Crippen molar-refractivity contribution < 1.29 is 78.4 Å². The standard InChI is InChI=1S/C42H66O16/c1-19-31(44)33(46)35(48)38(55-19)53-18-28-32(45)34(47)36(49)39(57-28)58-37-20(2)54-30(16-27(37)51-5)56-23-8-11-40(3)22(15-23)6-7-26-25(40)9-12-41(4)24(10-13-42(26,41)50)21-14-29(43)52-17-21/h14,19-20,22-28,30-39,44-50H,6-13,15-18H2,1-5H3. The van der Waals surface area contributed by atoms with E-state index in [-0.39, 0.29) is 34.7 Å². The van der Waals surface area contributed by atoms with Crippen molar-refractivity contribution in [3.63, 3.8) is 0 Å². The Morgan fingerprint density at radius 1 is 0.759 bits per heavy atom. The number of hydrogen-bond donors (Lipinski definition) is 7. The van der Waals surface area contributed by atoms with Gasteiger partial charge in [0.1, 0.15) is 55.4 Å². The molecule has 330 valence electrons. The molecule has 0 aromatic rings. The molecular weight excluding hydrogens is 760 g/mol. The molecule has 4 aliphatic heterocycles. The van der Waals surface area contributed by atoms with Gasteiger partial charge >= 0.3 is 5.97 Å². The van der Waals surface area contributed by atoms with Gasteiger partial charge in [-0.3, -0.25) is 0 Å². The third kappa shape index (κ3) is 7.31. The monoisotopic (exact) mass is 826 g/mol. The molecular formula is C42H66O16. The van der Waals surface area contributed by atoms with Crippen molar-refractivity contribution in [3.05, 3.63) is 11.6 Å². The van der Waals surface area contributed by atoms with Crippen molar-refractivity contribution in [2.24, 2.45) is 34.5 Å². The van der Waals surface area contributed by atoms with E-state index in [1.165, 1.54) is 6.92 Å². The highest BCUT2D eigenvalue weighted by Gasteiger charge is 2.68. The van der Waals surface area contributed by atoms with E-state index in [9.17, 15) is 40.5 Å². The maximum atomic E-state index is 12.6. The number of carbonyl (C=O) groups excluding carboxylic acids is 1. The van der Waals surface area contributed by atoms with Crippen LogP contribution < -0.4 is 0 Å². The number of carbonyl (C=O) groups is 1. The van der Waals surface area contributed by atoms with Crippen molar-refractivity contribution in [2.45, 2.75) is 190 Å². The van der Waals surface area contributed by atoms with E-state index < -0.39 is 98.2 Å². The van der Waals surface area contributed by atoms with Crippen molar-refractivity contribution in [2.75, 3.05) is 20.3 Å². The fraction of sp³-hybridized carbons (Fsp3) is 0.929. The van der Waals surface area contributed by atoms with Gasteiger partial charge in [-0.05, 0) is 106 Å². The molecule has 4 aliphatic carbocycles. The number of ether oxygens (including phenoxy) is 8. The molecule has 0 spiro atoms. The Labute approximate surface area is 340 Å². The number of hydrogen-bond acceptors (Lipinski definition) is 16. The number of rotatable bonds is 9. The fourth-order valence-electron chi connectivity index (χ4n) is 12.9. The predicted octanol–water partition coefficient (Wildman–Crippen LogP) is 0.815. The molecule has 8 aliphatic rings. The highest BCUT2D eigenvalue weighted by atomic mass is 16.7. The minimum atomic E-state index is -1.66. The summed E-state index contributed by atoms with van der Waals surface area (Å²) in [6.45, 7) is 7.97. The van der Waals surface area contributed by atoms with Gasteiger partial charge in [-0.15, -0.1) is 0 Å². The zero-order valence-corrected chi connectivity index (χ0v) is 34.3. The lowest BCUT2D eigenvalue weighted by Gasteiger charge is -2.64. The highest BCUT2D eigenvalue weighted by Crippen LogP contribution is 2.70. The van der Waals surface area contributed by atoms with Crippen LogP contribution in [-0.2, 0) is 42.7 Å². The summed E-state index contributed by atoms with van der Waals surface area (Å²) in [5.74, 6) is 0.998. The van der Waals surface area contributed by atoms with Crippen molar-refractivity contribution in [3.8, 4) is 0 Å². The zero-order valence-electron chi connectivity index (χ0n) is 34.3. The normalized spacial score (nSPS) is 54.6. The molecule has 0 bridgehead atoms. The Morgan fingerprint density at radius 2 is 1.50 bits per heavy atom. The summed E-state index contributed by atoms with van der Waals surface area (Å²) in [5, 5.41) is 75.4. The molecule has 4 saturated carbocycles. The third-order valence-electron chi connectivity index (χ3n) is 16.4. The van der Waals surface area contributed by atoms with Crippen LogP contribution in [0.5, 0.6) is 0 Å². The average Bonchev–Trinajstić information content (AvgIpc) is 3.75. The molecule has 3 saturated heterocycles. The van der Waals surface area contributed by atoms with Crippen LogP contribution in [0.15, 0.2) is 11.6 Å². The summed E-state index contributed by atoms with van der Waals surface area (Å²) in [6, 6.07) is 0. The van der Waals surface area contributed by atoms with Gasteiger partial charge in [-0.1, -0.05) is 13.8 Å². The molecule has 7 N–H and O–H groups in total. The van der Waals surface area contributed by atoms with E-state index in [2.05, 4.69) is 13.8 Å². The number of aliphatic hydroxyl groups is 7. The molecule has 0 aromatic carbocycles. The lowest BCUT2D eigenvalue weighted by Crippen LogP contribution is -2.63. The van der Waals surface area contributed by atoms with Crippen LogP contribution in [-0.4, -0.2) is 160 Å². The maximum Gasteiger partial charge on any atom is 0.331 e. The first kappa shape index (κ1) is 43.3. The minimum Gasteiger partial charge on any atom is -0.458 e. The second kappa shape index (κ2) is 16.4. The molecule has 0 aromatic heterocycles. The summed E-state index contributed by atoms with van der Waals surface area (Å²) < 4.78 is 47.4.